The summed E-state index contributed by atoms with van der Waals surface area (Å²) in [6.07, 6.45) is 0. The molecule has 0 saturated carbocycles. The number of carbonyl (C=O) groups is 2. The van der Waals surface area contributed by atoms with E-state index in [2.05, 4.69) is 19.2 Å². The smallest absolute Gasteiger partial charge is 0.337 e. The molecule has 21 heavy (non-hydrogen) atoms. The molecular formula is C14H17ClN2O3S. The molecule has 0 radical (unpaired) electrons. The van der Waals surface area contributed by atoms with Crippen LogP contribution in [0.2, 0.25) is 5.02 Å². The van der Waals surface area contributed by atoms with E-state index in [0.717, 1.165) is 0 Å². The van der Waals surface area contributed by atoms with Gasteiger partial charge in [0.25, 0.3) is 0 Å². The summed E-state index contributed by atoms with van der Waals surface area (Å²) in [5.41, 5.74) is 0.514. The zero-order valence-electron chi connectivity index (χ0n) is 11.8. The molecule has 1 aromatic carbocycles. The molecule has 2 N–H and O–H groups in total. The van der Waals surface area contributed by atoms with E-state index in [1.165, 1.54) is 12.1 Å². The molecule has 2 amide bonds. The number of nitrogens with zero attached hydrogens (tertiary/aromatic N) is 1. The third-order valence-corrected chi connectivity index (χ3v) is 4.70. The average Bonchev–Trinajstić information content (AvgIpc) is 2.37. The van der Waals surface area contributed by atoms with Gasteiger partial charge in [-0.2, -0.15) is 11.8 Å². The molecular weight excluding hydrogens is 312 g/mol. The Kier molecular flexibility index (Phi) is 5.00. The summed E-state index contributed by atoms with van der Waals surface area (Å²) in [5.74, 6) is -1.09. The van der Waals surface area contributed by atoms with Gasteiger partial charge in [0.05, 0.1) is 10.6 Å². The maximum absolute atomic E-state index is 12.2. The van der Waals surface area contributed by atoms with Crippen LogP contribution in [-0.4, -0.2) is 45.6 Å². The van der Waals surface area contributed by atoms with Crippen molar-refractivity contribution in [3.05, 3.63) is 28.8 Å². The molecule has 0 aromatic heterocycles. The van der Waals surface area contributed by atoms with E-state index in [4.69, 9.17) is 16.7 Å². The number of nitrogens with one attached hydrogen (secondary N) is 1. The maximum Gasteiger partial charge on any atom is 0.337 e. The lowest BCUT2D eigenvalue weighted by Gasteiger charge is -2.34. The monoisotopic (exact) mass is 328 g/mol. The summed E-state index contributed by atoms with van der Waals surface area (Å²) in [7, 11) is 0. The zero-order valence-corrected chi connectivity index (χ0v) is 13.4. The molecule has 0 aliphatic carbocycles. The van der Waals surface area contributed by atoms with E-state index < -0.39 is 5.97 Å². The van der Waals surface area contributed by atoms with Gasteiger partial charge in [-0.05, 0) is 18.2 Å². The van der Waals surface area contributed by atoms with Crippen LogP contribution in [0.25, 0.3) is 0 Å². The lowest BCUT2D eigenvalue weighted by atomic mass is 10.2. The first-order chi connectivity index (χ1) is 9.86. The standard InChI is InChI=1S/C14H17ClN2O3S/c1-8-6-17(7-9(2)21-8)14(20)16-10-3-4-11(13(18)19)12(15)5-10/h3-5,8-9H,6-7H2,1-2H3,(H,16,20)(H,18,19). The van der Waals surface area contributed by atoms with Crippen LogP contribution in [-0.2, 0) is 0 Å². The number of amides is 2. The Morgan fingerprint density at radius 1 is 1.33 bits per heavy atom. The lowest BCUT2D eigenvalue weighted by Crippen LogP contribution is -2.46. The number of hydrogen-bond acceptors (Lipinski definition) is 3. The average molecular weight is 329 g/mol. The first-order valence-electron chi connectivity index (χ1n) is 6.61. The summed E-state index contributed by atoms with van der Waals surface area (Å²) < 4.78 is 0. The summed E-state index contributed by atoms with van der Waals surface area (Å²) >= 11 is 7.76. The number of hydrogen-bond donors (Lipinski definition) is 2. The van der Waals surface area contributed by atoms with Crippen LogP contribution in [0.3, 0.4) is 0 Å². The fourth-order valence-corrected chi connectivity index (χ4v) is 3.90. The molecule has 1 fully saturated rings. The number of thioether (sulfide) groups is 1. The van der Waals surface area contributed by atoms with Crippen molar-refractivity contribution in [2.45, 2.75) is 24.3 Å². The molecule has 5 nitrogen and oxygen atoms in total. The molecule has 1 aromatic rings. The highest BCUT2D eigenvalue weighted by molar-refractivity contribution is 8.00. The fourth-order valence-electron chi connectivity index (χ4n) is 2.31. The Balaban J connectivity index is 2.06. The SMILES string of the molecule is CC1CN(C(=O)Nc2ccc(C(=O)O)c(Cl)c2)CC(C)S1. The first-order valence-corrected chi connectivity index (χ1v) is 7.93. The number of benzene rings is 1. The van der Waals surface area contributed by atoms with Gasteiger partial charge >= 0.3 is 12.0 Å². The van der Waals surface area contributed by atoms with Crippen molar-refractivity contribution in [2.24, 2.45) is 0 Å². The highest BCUT2D eigenvalue weighted by Crippen LogP contribution is 2.26. The Morgan fingerprint density at radius 2 is 1.95 bits per heavy atom. The minimum Gasteiger partial charge on any atom is -0.478 e. The van der Waals surface area contributed by atoms with Crippen LogP contribution in [0.5, 0.6) is 0 Å². The molecule has 1 aliphatic rings. The fraction of sp³-hybridized carbons (Fsp3) is 0.429. The first kappa shape index (κ1) is 16.0. The van der Waals surface area contributed by atoms with Crippen LogP contribution in [0, 0.1) is 0 Å². The largest absolute Gasteiger partial charge is 0.478 e. The van der Waals surface area contributed by atoms with Gasteiger partial charge in [-0.25, -0.2) is 9.59 Å². The molecule has 0 spiro atoms. The second-order valence-electron chi connectivity index (χ2n) is 5.09. The van der Waals surface area contributed by atoms with E-state index in [-0.39, 0.29) is 16.6 Å². The Hall–Kier alpha value is -1.40. The van der Waals surface area contributed by atoms with Gasteiger partial charge in [-0.1, -0.05) is 25.4 Å². The minimum absolute atomic E-state index is 0.0197. The third kappa shape index (κ3) is 4.04. The normalized spacial score (nSPS) is 22.0. The Labute approximate surface area is 132 Å². The molecule has 1 aliphatic heterocycles. The predicted octanol–water partition coefficient (Wildman–Crippen LogP) is 3.40. The number of urea groups is 1. The van der Waals surface area contributed by atoms with E-state index in [9.17, 15) is 9.59 Å². The van der Waals surface area contributed by atoms with Gasteiger partial charge in [0.15, 0.2) is 0 Å². The minimum atomic E-state index is -1.09. The van der Waals surface area contributed by atoms with Gasteiger partial charge in [0, 0.05) is 29.3 Å². The van der Waals surface area contributed by atoms with Gasteiger partial charge in [0.2, 0.25) is 0 Å². The van der Waals surface area contributed by atoms with E-state index in [0.29, 0.717) is 29.3 Å². The summed E-state index contributed by atoms with van der Waals surface area (Å²) in [6.45, 7) is 5.59. The predicted molar refractivity (Wildman–Crippen MR) is 85.5 cm³/mol. The molecule has 2 unspecified atom stereocenters. The van der Waals surface area contributed by atoms with Crippen molar-refractivity contribution in [3.63, 3.8) is 0 Å². The van der Waals surface area contributed by atoms with Crippen molar-refractivity contribution >= 4 is 41.1 Å². The maximum atomic E-state index is 12.2. The van der Waals surface area contributed by atoms with Gasteiger partial charge in [0.1, 0.15) is 0 Å². The molecule has 7 heteroatoms. The number of carbonyl (C=O) groups excluding carboxylic acids is 1. The zero-order chi connectivity index (χ0) is 15.6. The van der Waals surface area contributed by atoms with Crippen LogP contribution in [0.1, 0.15) is 24.2 Å². The highest BCUT2D eigenvalue weighted by Gasteiger charge is 2.26. The number of anilines is 1. The lowest BCUT2D eigenvalue weighted by molar-refractivity contribution is 0.0697. The molecule has 2 atom stereocenters. The van der Waals surface area contributed by atoms with Crippen molar-refractivity contribution in [3.8, 4) is 0 Å². The molecule has 1 heterocycles. The van der Waals surface area contributed by atoms with Crippen molar-refractivity contribution in [1.82, 2.24) is 4.90 Å². The molecule has 0 bridgehead atoms. The van der Waals surface area contributed by atoms with E-state index in [1.807, 2.05) is 11.8 Å². The van der Waals surface area contributed by atoms with E-state index in [1.54, 1.807) is 11.0 Å². The van der Waals surface area contributed by atoms with Gasteiger partial charge < -0.3 is 15.3 Å². The summed E-state index contributed by atoms with van der Waals surface area (Å²) in [5, 5.41) is 12.6. The molecule has 114 valence electrons. The molecule has 2 rings (SSSR count). The van der Waals surface area contributed by atoms with Crippen molar-refractivity contribution < 1.29 is 14.7 Å². The number of rotatable bonds is 2. The Bertz CT molecular complexity index is 557. The topological polar surface area (TPSA) is 69.6 Å². The number of halogens is 1. The van der Waals surface area contributed by atoms with Crippen LogP contribution in [0.15, 0.2) is 18.2 Å². The number of carboxylic acid groups (broad SMARTS) is 1. The van der Waals surface area contributed by atoms with Crippen LogP contribution < -0.4 is 5.32 Å². The van der Waals surface area contributed by atoms with E-state index >= 15 is 0 Å². The van der Waals surface area contributed by atoms with Gasteiger partial charge in [-0.15, -0.1) is 0 Å². The van der Waals surface area contributed by atoms with Crippen LogP contribution >= 0.6 is 23.4 Å². The van der Waals surface area contributed by atoms with Crippen molar-refractivity contribution in [2.75, 3.05) is 18.4 Å². The number of carboxylic acids is 1. The second-order valence-corrected chi connectivity index (χ2v) is 7.38. The second kappa shape index (κ2) is 6.58. The molecule has 1 saturated heterocycles. The summed E-state index contributed by atoms with van der Waals surface area (Å²) in [6, 6.07) is 4.19. The van der Waals surface area contributed by atoms with Gasteiger partial charge in [-0.3, -0.25) is 0 Å². The van der Waals surface area contributed by atoms with Crippen molar-refractivity contribution in [1.29, 1.82) is 0 Å². The quantitative estimate of drug-likeness (QED) is 0.873. The highest BCUT2D eigenvalue weighted by atomic mass is 35.5. The Morgan fingerprint density at radius 3 is 2.48 bits per heavy atom. The third-order valence-electron chi connectivity index (χ3n) is 3.16. The number of aromatic carboxylic acids is 1. The summed E-state index contributed by atoms with van der Waals surface area (Å²) in [4.78, 5) is 24.9. The van der Waals surface area contributed by atoms with Crippen LogP contribution in [0.4, 0.5) is 10.5 Å².